The van der Waals surface area contributed by atoms with Gasteiger partial charge in [-0.1, -0.05) is 6.92 Å². The fourth-order valence-corrected chi connectivity index (χ4v) is 4.46. The highest BCUT2D eigenvalue weighted by atomic mass is 16.5. The van der Waals surface area contributed by atoms with E-state index < -0.39 is 0 Å². The van der Waals surface area contributed by atoms with Crippen molar-refractivity contribution in [1.29, 1.82) is 0 Å². The predicted molar refractivity (Wildman–Crippen MR) is 108 cm³/mol. The largest absolute Gasteiger partial charge is 0.493 e. The summed E-state index contributed by atoms with van der Waals surface area (Å²) >= 11 is 0. The first kappa shape index (κ1) is 20.8. The lowest BCUT2D eigenvalue weighted by Gasteiger charge is -2.35. The highest BCUT2D eigenvalue weighted by molar-refractivity contribution is 5.79. The molecule has 1 N–H and O–H groups in total. The quantitative estimate of drug-likeness (QED) is 0.803. The molecular formula is C22H35N2O4+. The molecule has 156 valence electrons. The van der Waals surface area contributed by atoms with Crippen LogP contribution in [0.25, 0.3) is 0 Å². The number of benzene rings is 1. The van der Waals surface area contributed by atoms with Crippen LogP contribution in [0.2, 0.25) is 0 Å². The number of likely N-dealkylation sites (tertiary alicyclic amines) is 2. The van der Waals surface area contributed by atoms with E-state index >= 15 is 0 Å². The van der Waals surface area contributed by atoms with Gasteiger partial charge in [0.05, 0.1) is 34.4 Å². The summed E-state index contributed by atoms with van der Waals surface area (Å²) in [6.45, 7) is 7.12. The summed E-state index contributed by atoms with van der Waals surface area (Å²) in [5.41, 5.74) is 1.17. The minimum atomic E-state index is 0.206. The number of hydrogen-bond donors (Lipinski definition) is 1. The summed E-state index contributed by atoms with van der Waals surface area (Å²) < 4.78 is 16.3. The van der Waals surface area contributed by atoms with Gasteiger partial charge in [-0.3, -0.25) is 4.79 Å². The number of nitrogens with one attached hydrogen (secondary N) is 1. The molecule has 0 saturated carbocycles. The molecule has 2 fully saturated rings. The number of rotatable bonds is 6. The van der Waals surface area contributed by atoms with E-state index in [1.807, 2.05) is 12.1 Å². The number of methoxy groups -OCH3 is 3. The molecule has 1 aromatic carbocycles. The van der Waals surface area contributed by atoms with E-state index in [1.54, 1.807) is 21.3 Å². The summed E-state index contributed by atoms with van der Waals surface area (Å²) in [4.78, 5) is 16.4. The number of ether oxygens (including phenoxy) is 3. The Morgan fingerprint density at radius 1 is 1.00 bits per heavy atom. The summed E-state index contributed by atoms with van der Waals surface area (Å²) in [7, 11) is 4.91. The van der Waals surface area contributed by atoms with Gasteiger partial charge in [-0.2, -0.15) is 0 Å². The molecule has 0 spiro atoms. The lowest BCUT2D eigenvalue weighted by molar-refractivity contribution is -0.919. The van der Waals surface area contributed by atoms with Crippen molar-refractivity contribution in [3.63, 3.8) is 0 Å². The Balaban J connectivity index is 1.56. The van der Waals surface area contributed by atoms with Gasteiger partial charge in [0, 0.05) is 37.4 Å². The Labute approximate surface area is 168 Å². The summed E-state index contributed by atoms with van der Waals surface area (Å²) in [6, 6.07) is 4.06. The molecule has 0 aromatic heterocycles. The van der Waals surface area contributed by atoms with Crippen molar-refractivity contribution < 1.29 is 23.9 Å². The second kappa shape index (κ2) is 9.50. The van der Waals surface area contributed by atoms with Crippen LogP contribution in [-0.2, 0) is 11.3 Å². The molecule has 2 aliphatic heterocycles. The van der Waals surface area contributed by atoms with Crippen molar-refractivity contribution >= 4 is 5.91 Å². The molecule has 0 bridgehead atoms. The monoisotopic (exact) mass is 391 g/mol. The van der Waals surface area contributed by atoms with E-state index in [0.29, 0.717) is 23.2 Å². The molecule has 3 rings (SSSR count). The van der Waals surface area contributed by atoms with Crippen molar-refractivity contribution in [3.05, 3.63) is 17.7 Å². The molecule has 1 aromatic rings. The Morgan fingerprint density at radius 2 is 1.57 bits per heavy atom. The lowest BCUT2D eigenvalue weighted by atomic mass is 9.92. The van der Waals surface area contributed by atoms with Crippen molar-refractivity contribution in [2.45, 2.75) is 39.2 Å². The van der Waals surface area contributed by atoms with Gasteiger partial charge in [-0.15, -0.1) is 0 Å². The third kappa shape index (κ3) is 4.72. The lowest BCUT2D eigenvalue weighted by Crippen LogP contribution is -3.11. The molecule has 6 heteroatoms. The maximum atomic E-state index is 12.8. The van der Waals surface area contributed by atoms with Gasteiger partial charge in [-0.05, 0) is 30.9 Å². The highest BCUT2D eigenvalue weighted by Crippen LogP contribution is 2.38. The third-order valence-electron chi connectivity index (χ3n) is 6.32. The van der Waals surface area contributed by atoms with Gasteiger partial charge in [-0.25, -0.2) is 0 Å². The van der Waals surface area contributed by atoms with Gasteiger partial charge in [0.25, 0.3) is 0 Å². The number of hydrogen-bond acceptors (Lipinski definition) is 4. The minimum absolute atomic E-state index is 0.206. The van der Waals surface area contributed by atoms with Crippen LogP contribution in [0.5, 0.6) is 17.2 Å². The van der Waals surface area contributed by atoms with E-state index in [4.69, 9.17) is 14.2 Å². The standard InChI is InChI=1S/C22H34N2O4/c1-16-5-11-24(12-6-16)22(25)18-7-9-23(10-8-18)15-17-13-19(26-2)21(28-4)20(14-17)27-3/h13-14,16,18H,5-12,15H2,1-4H3/p+1. The maximum Gasteiger partial charge on any atom is 0.226 e. The molecule has 2 heterocycles. The highest BCUT2D eigenvalue weighted by Gasteiger charge is 2.32. The number of carbonyl (C=O) groups is 1. The van der Waals surface area contributed by atoms with Crippen LogP contribution >= 0.6 is 0 Å². The number of piperidine rings is 2. The zero-order chi connectivity index (χ0) is 20.1. The van der Waals surface area contributed by atoms with Gasteiger partial charge in [0.2, 0.25) is 11.7 Å². The smallest absolute Gasteiger partial charge is 0.226 e. The van der Waals surface area contributed by atoms with E-state index in [9.17, 15) is 4.79 Å². The second-order valence-corrected chi connectivity index (χ2v) is 8.24. The van der Waals surface area contributed by atoms with Crippen LogP contribution in [0.3, 0.4) is 0 Å². The molecule has 2 aliphatic rings. The van der Waals surface area contributed by atoms with Gasteiger partial charge in [0.1, 0.15) is 6.54 Å². The zero-order valence-electron chi connectivity index (χ0n) is 17.8. The average molecular weight is 392 g/mol. The van der Waals surface area contributed by atoms with E-state index in [-0.39, 0.29) is 5.92 Å². The average Bonchev–Trinajstić information content (AvgIpc) is 2.73. The van der Waals surface area contributed by atoms with Crippen LogP contribution in [0.15, 0.2) is 12.1 Å². The molecule has 28 heavy (non-hydrogen) atoms. The topological polar surface area (TPSA) is 52.4 Å². The zero-order valence-corrected chi connectivity index (χ0v) is 17.8. The predicted octanol–water partition coefficient (Wildman–Crippen LogP) is 1.77. The normalized spacial score (nSPS) is 23.4. The number of amides is 1. The molecule has 1 amide bonds. The number of nitrogens with zero attached hydrogens (tertiary/aromatic N) is 1. The van der Waals surface area contributed by atoms with Crippen molar-refractivity contribution in [2.75, 3.05) is 47.5 Å². The molecular weight excluding hydrogens is 356 g/mol. The van der Waals surface area contributed by atoms with Crippen LogP contribution < -0.4 is 19.1 Å². The number of quaternary nitrogens is 1. The minimum Gasteiger partial charge on any atom is -0.493 e. The first-order valence-corrected chi connectivity index (χ1v) is 10.5. The Hall–Kier alpha value is -1.95. The van der Waals surface area contributed by atoms with Crippen molar-refractivity contribution in [2.24, 2.45) is 11.8 Å². The molecule has 0 aliphatic carbocycles. The third-order valence-corrected chi connectivity index (χ3v) is 6.32. The fourth-order valence-electron chi connectivity index (χ4n) is 4.46. The molecule has 0 atom stereocenters. The summed E-state index contributed by atoms with van der Waals surface area (Å²) in [6.07, 6.45) is 4.25. The number of carbonyl (C=O) groups excluding carboxylic acids is 1. The fraction of sp³-hybridized carbons (Fsp3) is 0.682. The van der Waals surface area contributed by atoms with Gasteiger partial charge < -0.3 is 24.0 Å². The van der Waals surface area contributed by atoms with Crippen LogP contribution in [0.1, 0.15) is 38.2 Å². The Morgan fingerprint density at radius 3 is 2.07 bits per heavy atom. The van der Waals surface area contributed by atoms with E-state index in [0.717, 1.165) is 64.3 Å². The Bertz CT molecular complexity index is 637. The van der Waals surface area contributed by atoms with Gasteiger partial charge >= 0.3 is 0 Å². The van der Waals surface area contributed by atoms with Crippen molar-refractivity contribution in [3.8, 4) is 17.2 Å². The van der Waals surface area contributed by atoms with Crippen LogP contribution in [0.4, 0.5) is 0 Å². The summed E-state index contributed by atoms with van der Waals surface area (Å²) in [5, 5.41) is 0. The Kier molecular flexibility index (Phi) is 7.05. The molecule has 0 unspecified atom stereocenters. The molecule has 6 nitrogen and oxygen atoms in total. The van der Waals surface area contributed by atoms with E-state index in [2.05, 4.69) is 11.8 Å². The van der Waals surface area contributed by atoms with Crippen LogP contribution in [0, 0.1) is 11.8 Å². The van der Waals surface area contributed by atoms with Crippen molar-refractivity contribution in [1.82, 2.24) is 4.90 Å². The molecule has 0 radical (unpaired) electrons. The second-order valence-electron chi connectivity index (χ2n) is 8.24. The SMILES string of the molecule is COc1cc(C[NH+]2CCC(C(=O)N3CCC(C)CC3)CC2)cc(OC)c1OC. The van der Waals surface area contributed by atoms with Gasteiger partial charge in [0.15, 0.2) is 11.5 Å². The molecule has 2 saturated heterocycles. The van der Waals surface area contributed by atoms with E-state index in [1.165, 1.54) is 10.5 Å². The van der Waals surface area contributed by atoms with Crippen LogP contribution in [-0.4, -0.2) is 58.3 Å². The summed E-state index contributed by atoms with van der Waals surface area (Å²) in [5.74, 6) is 3.37. The first-order chi connectivity index (χ1) is 13.5. The first-order valence-electron chi connectivity index (χ1n) is 10.5. The maximum absolute atomic E-state index is 12.8.